The van der Waals surface area contributed by atoms with E-state index >= 15 is 0 Å². The molecule has 0 aliphatic rings. The molecule has 0 spiro atoms. The van der Waals surface area contributed by atoms with Crippen LogP contribution >= 0.6 is 11.6 Å². The molecule has 2 amide bonds. The molecule has 0 radical (unpaired) electrons. The monoisotopic (exact) mass is 390 g/mol. The molecule has 2 N–H and O–H groups in total. The molecule has 3 rings (SSSR count). The SMILES string of the molecule is Cc1nc(C(=O)Nc2ccccc2C(=O)Nc2ccc(Cl)cc2)ccc1C#N. The molecule has 7 heteroatoms. The molecule has 3 aromatic rings. The number of rotatable bonds is 4. The van der Waals surface area contributed by atoms with Crippen LogP contribution in [0.2, 0.25) is 5.02 Å². The van der Waals surface area contributed by atoms with Gasteiger partial charge in [-0.05, 0) is 55.5 Å². The van der Waals surface area contributed by atoms with E-state index in [1.807, 2.05) is 6.07 Å². The Morgan fingerprint density at radius 1 is 0.964 bits per heavy atom. The van der Waals surface area contributed by atoms with E-state index in [-0.39, 0.29) is 11.6 Å². The Morgan fingerprint density at radius 2 is 1.68 bits per heavy atom. The molecule has 0 aliphatic heterocycles. The summed E-state index contributed by atoms with van der Waals surface area (Å²) in [5.41, 5.74) is 2.26. The normalized spacial score (nSPS) is 10.0. The number of benzene rings is 2. The van der Waals surface area contributed by atoms with Gasteiger partial charge in [0.15, 0.2) is 0 Å². The van der Waals surface area contributed by atoms with Crippen molar-refractivity contribution in [1.29, 1.82) is 5.26 Å². The third-order valence-corrected chi connectivity index (χ3v) is 4.21. The zero-order valence-electron chi connectivity index (χ0n) is 14.9. The lowest BCUT2D eigenvalue weighted by Gasteiger charge is -2.12. The van der Waals surface area contributed by atoms with Crippen LogP contribution in [0.1, 0.15) is 32.1 Å². The van der Waals surface area contributed by atoms with Crippen LogP contribution in [0.15, 0.2) is 60.7 Å². The summed E-state index contributed by atoms with van der Waals surface area (Å²) in [6, 6.07) is 18.4. The van der Waals surface area contributed by atoms with Gasteiger partial charge < -0.3 is 10.6 Å². The van der Waals surface area contributed by atoms with Crippen molar-refractivity contribution in [2.75, 3.05) is 10.6 Å². The second-order valence-corrected chi connectivity index (χ2v) is 6.34. The van der Waals surface area contributed by atoms with Crippen molar-refractivity contribution in [3.63, 3.8) is 0 Å². The van der Waals surface area contributed by atoms with Crippen LogP contribution in [0.3, 0.4) is 0 Å². The minimum Gasteiger partial charge on any atom is -0.322 e. The fourth-order valence-corrected chi connectivity index (χ4v) is 2.64. The molecule has 1 heterocycles. The van der Waals surface area contributed by atoms with Gasteiger partial charge in [-0.2, -0.15) is 5.26 Å². The Kier molecular flexibility index (Phi) is 5.68. The molecule has 0 saturated heterocycles. The summed E-state index contributed by atoms with van der Waals surface area (Å²) < 4.78 is 0. The summed E-state index contributed by atoms with van der Waals surface area (Å²) in [5.74, 6) is -0.846. The van der Waals surface area contributed by atoms with E-state index in [1.54, 1.807) is 55.5 Å². The van der Waals surface area contributed by atoms with Gasteiger partial charge in [-0.3, -0.25) is 9.59 Å². The number of aryl methyl sites for hydroxylation is 1. The smallest absolute Gasteiger partial charge is 0.274 e. The zero-order chi connectivity index (χ0) is 20.1. The van der Waals surface area contributed by atoms with Crippen molar-refractivity contribution in [2.45, 2.75) is 6.92 Å². The highest BCUT2D eigenvalue weighted by molar-refractivity contribution is 6.30. The molecule has 6 nitrogen and oxygen atoms in total. The number of nitrogens with zero attached hydrogens (tertiary/aromatic N) is 2. The molecule has 2 aromatic carbocycles. The van der Waals surface area contributed by atoms with E-state index in [1.165, 1.54) is 12.1 Å². The molecule has 1 aromatic heterocycles. The van der Waals surface area contributed by atoms with Crippen LogP contribution in [0.25, 0.3) is 0 Å². The highest BCUT2D eigenvalue weighted by atomic mass is 35.5. The molecule has 0 atom stereocenters. The van der Waals surface area contributed by atoms with Crippen molar-refractivity contribution in [1.82, 2.24) is 4.98 Å². The number of carbonyl (C=O) groups is 2. The number of halogens is 1. The average Bonchev–Trinajstić information content (AvgIpc) is 2.70. The molecule has 0 saturated carbocycles. The number of amides is 2. The van der Waals surface area contributed by atoms with Crippen molar-refractivity contribution in [3.05, 3.63) is 88.2 Å². The lowest BCUT2D eigenvalue weighted by Crippen LogP contribution is -2.19. The number of pyridine rings is 1. The molecule has 0 fully saturated rings. The Balaban J connectivity index is 1.81. The Morgan fingerprint density at radius 3 is 2.36 bits per heavy atom. The summed E-state index contributed by atoms with van der Waals surface area (Å²) in [4.78, 5) is 29.3. The van der Waals surface area contributed by atoms with Crippen LogP contribution in [0.4, 0.5) is 11.4 Å². The quantitative estimate of drug-likeness (QED) is 0.689. The van der Waals surface area contributed by atoms with E-state index in [0.29, 0.717) is 33.2 Å². The lowest BCUT2D eigenvalue weighted by atomic mass is 10.1. The van der Waals surface area contributed by atoms with Crippen LogP contribution in [-0.4, -0.2) is 16.8 Å². The first-order valence-corrected chi connectivity index (χ1v) is 8.71. The highest BCUT2D eigenvalue weighted by Crippen LogP contribution is 2.19. The summed E-state index contributed by atoms with van der Waals surface area (Å²) in [6.45, 7) is 1.66. The summed E-state index contributed by atoms with van der Waals surface area (Å²) in [5, 5.41) is 15.0. The standard InChI is InChI=1S/C21H15ClN4O2/c1-13-14(12-23)6-11-19(24-13)21(28)26-18-5-3-2-4-17(18)20(27)25-16-9-7-15(22)8-10-16/h2-11H,1H3,(H,25,27)(H,26,28). The van der Waals surface area contributed by atoms with Crippen molar-refractivity contribution >= 4 is 34.8 Å². The second kappa shape index (κ2) is 8.33. The first-order valence-electron chi connectivity index (χ1n) is 8.33. The Labute approximate surface area is 166 Å². The van der Waals surface area contributed by atoms with E-state index in [2.05, 4.69) is 15.6 Å². The number of hydrogen-bond donors (Lipinski definition) is 2. The number of carbonyl (C=O) groups excluding carboxylic acids is 2. The molecule has 0 bridgehead atoms. The Bertz CT molecular complexity index is 1090. The number of aromatic nitrogens is 1. The van der Waals surface area contributed by atoms with Crippen LogP contribution in [0.5, 0.6) is 0 Å². The van der Waals surface area contributed by atoms with Gasteiger partial charge in [0, 0.05) is 10.7 Å². The van der Waals surface area contributed by atoms with E-state index < -0.39 is 5.91 Å². The van der Waals surface area contributed by atoms with Crippen LogP contribution in [-0.2, 0) is 0 Å². The number of anilines is 2. The van der Waals surface area contributed by atoms with Crippen LogP contribution < -0.4 is 10.6 Å². The van der Waals surface area contributed by atoms with Gasteiger partial charge in [-0.1, -0.05) is 23.7 Å². The van der Waals surface area contributed by atoms with Gasteiger partial charge >= 0.3 is 0 Å². The first kappa shape index (κ1) is 19.1. The maximum Gasteiger partial charge on any atom is 0.274 e. The number of para-hydroxylation sites is 1. The summed E-state index contributed by atoms with van der Waals surface area (Å²) in [7, 11) is 0. The third-order valence-electron chi connectivity index (χ3n) is 3.96. The number of hydrogen-bond acceptors (Lipinski definition) is 4. The van der Waals surface area contributed by atoms with Crippen LogP contribution in [0, 0.1) is 18.3 Å². The number of nitrogens with one attached hydrogen (secondary N) is 2. The minimum atomic E-state index is -0.473. The predicted octanol–water partition coefficient (Wildman–Crippen LogP) is 4.42. The molecule has 138 valence electrons. The van der Waals surface area contributed by atoms with Gasteiger partial charge in [-0.25, -0.2) is 4.98 Å². The van der Waals surface area contributed by atoms with Crippen molar-refractivity contribution < 1.29 is 9.59 Å². The van der Waals surface area contributed by atoms with Gasteiger partial charge in [0.1, 0.15) is 11.8 Å². The zero-order valence-corrected chi connectivity index (χ0v) is 15.6. The van der Waals surface area contributed by atoms with Gasteiger partial charge in [0.25, 0.3) is 11.8 Å². The van der Waals surface area contributed by atoms with Gasteiger partial charge in [-0.15, -0.1) is 0 Å². The molecule has 28 heavy (non-hydrogen) atoms. The third kappa shape index (κ3) is 4.34. The number of nitriles is 1. The fourth-order valence-electron chi connectivity index (χ4n) is 2.51. The van der Waals surface area contributed by atoms with E-state index in [9.17, 15) is 9.59 Å². The predicted molar refractivity (Wildman–Crippen MR) is 107 cm³/mol. The van der Waals surface area contributed by atoms with E-state index in [4.69, 9.17) is 16.9 Å². The summed E-state index contributed by atoms with van der Waals surface area (Å²) in [6.07, 6.45) is 0. The fraction of sp³-hybridized carbons (Fsp3) is 0.0476. The first-order chi connectivity index (χ1) is 13.5. The summed E-state index contributed by atoms with van der Waals surface area (Å²) >= 11 is 5.85. The second-order valence-electron chi connectivity index (χ2n) is 5.90. The Hall–Kier alpha value is -3.69. The molecule has 0 aliphatic carbocycles. The minimum absolute atomic E-state index is 0.157. The molecule has 0 unspecified atom stereocenters. The maximum absolute atomic E-state index is 12.6. The van der Waals surface area contributed by atoms with E-state index in [0.717, 1.165) is 0 Å². The largest absolute Gasteiger partial charge is 0.322 e. The van der Waals surface area contributed by atoms with Gasteiger partial charge in [0.05, 0.1) is 22.5 Å². The topological polar surface area (TPSA) is 94.9 Å². The maximum atomic E-state index is 12.6. The van der Waals surface area contributed by atoms with Gasteiger partial charge in [0.2, 0.25) is 0 Å². The van der Waals surface area contributed by atoms with Crippen molar-refractivity contribution in [2.24, 2.45) is 0 Å². The molecular formula is C21H15ClN4O2. The average molecular weight is 391 g/mol. The highest BCUT2D eigenvalue weighted by Gasteiger charge is 2.15. The lowest BCUT2D eigenvalue weighted by molar-refractivity contribution is 0.102. The molecular weight excluding hydrogens is 376 g/mol. The van der Waals surface area contributed by atoms with Crippen molar-refractivity contribution in [3.8, 4) is 6.07 Å².